The lowest BCUT2D eigenvalue weighted by atomic mass is 9.96. The van der Waals surface area contributed by atoms with E-state index >= 15 is 0 Å². The highest BCUT2D eigenvalue weighted by molar-refractivity contribution is 5.99. The van der Waals surface area contributed by atoms with Gasteiger partial charge >= 0.3 is 0 Å². The Morgan fingerprint density at radius 2 is 1.93 bits per heavy atom. The number of nitrogens with one attached hydrogen (secondary N) is 2. The lowest BCUT2D eigenvalue weighted by Crippen LogP contribution is -2.43. The Balaban J connectivity index is 1.44. The van der Waals surface area contributed by atoms with Gasteiger partial charge in [-0.2, -0.15) is 0 Å². The Kier molecular flexibility index (Phi) is 4.62. The number of hydrogen-bond donors (Lipinski definition) is 2. The van der Waals surface area contributed by atoms with Crippen LogP contribution in [-0.2, 0) is 4.79 Å². The van der Waals surface area contributed by atoms with Gasteiger partial charge in [0.2, 0.25) is 5.91 Å². The molecule has 27 heavy (non-hydrogen) atoms. The standard InChI is InChI=1S/C21H20FN3O2/c22-17-5-7-18(8-6-17)24-20(26)16-2-1-11-25(13-16)21(27)15-4-3-14-9-10-23-19(14)12-15/h3-10,12,16,23H,1-2,11,13H2,(H,24,26). The molecule has 0 saturated carbocycles. The van der Waals surface area contributed by atoms with Crippen LogP contribution >= 0.6 is 0 Å². The zero-order valence-corrected chi connectivity index (χ0v) is 14.7. The first-order valence-electron chi connectivity index (χ1n) is 9.03. The number of likely N-dealkylation sites (tertiary alicyclic amines) is 1. The maximum absolute atomic E-state index is 13.0. The predicted octanol–water partition coefficient (Wildman–Crippen LogP) is 3.80. The zero-order chi connectivity index (χ0) is 18.8. The van der Waals surface area contributed by atoms with Crippen molar-refractivity contribution < 1.29 is 14.0 Å². The molecule has 0 spiro atoms. The van der Waals surface area contributed by atoms with Crippen LogP contribution in [0.4, 0.5) is 10.1 Å². The van der Waals surface area contributed by atoms with E-state index in [0.717, 1.165) is 23.7 Å². The van der Waals surface area contributed by atoms with E-state index in [4.69, 9.17) is 0 Å². The van der Waals surface area contributed by atoms with Crippen molar-refractivity contribution in [3.8, 4) is 0 Å². The molecule has 1 saturated heterocycles. The molecule has 6 heteroatoms. The second kappa shape index (κ2) is 7.23. The van der Waals surface area contributed by atoms with Gasteiger partial charge in [-0.05, 0) is 60.7 Å². The second-order valence-corrected chi connectivity index (χ2v) is 6.87. The summed E-state index contributed by atoms with van der Waals surface area (Å²) in [7, 11) is 0. The SMILES string of the molecule is O=C(Nc1ccc(F)cc1)C1CCCN(C(=O)c2ccc3cc[nH]c3c2)C1. The Labute approximate surface area is 156 Å². The number of anilines is 1. The van der Waals surface area contributed by atoms with Crippen molar-refractivity contribution >= 4 is 28.4 Å². The minimum atomic E-state index is -0.346. The van der Waals surface area contributed by atoms with Gasteiger partial charge in [0.15, 0.2) is 0 Å². The van der Waals surface area contributed by atoms with Crippen molar-refractivity contribution in [3.05, 3.63) is 66.1 Å². The predicted molar refractivity (Wildman–Crippen MR) is 102 cm³/mol. The number of carbonyl (C=O) groups is 2. The highest BCUT2D eigenvalue weighted by atomic mass is 19.1. The smallest absolute Gasteiger partial charge is 0.253 e. The third-order valence-corrected chi connectivity index (χ3v) is 4.99. The Morgan fingerprint density at radius 1 is 1.11 bits per heavy atom. The number of halogens is 1. The van der Waals surface area contributed by atoms with Gasteiger partial charge in [-0.1, -0.05) is 6.07 Å². The van der Waals surface area contributed by atoms with Crippen molar-refractivity contribution in [2.45, 2.75) is 12.8 Å². The molecule has 0 aliphatic carbocycles. The highest BCUT2D eigenvalue weighted by Gasteiger charge is 2.29. The average Bonchev–Trinajstić information content (AvgIpc) is 3.17. The van der Waals surface area contributed by atoms with Crippen LogP contribution in [0.3, 0.4) is 0 Å². The summed E-state index contributed by atoms with van der Waals surface area (Å²) < 4.78 is 13.0. The number of rotatable bonds is 3. The number of aromatic nitrogens is 1. The Morgan fingerprint density at radius 3 is 2.74 bits per heavy atom. The van der Waals surface area contributed by atoms with Gasteiger partial charge in [0.25, 0.3) is 5.91 Å². The molecule has 1 aliphatic rings. The van der Waals surface area contributed by atoms with Gasteiger partial charge in [-0.15, -0.1) is 0 Å². The molecule has 138 valence electrons. The molecule has 5 nitrogen and oxygen atoms in total. The number of piperidine rings is 1. The summed E-state index contributed by atoms with van der Waals surface area (Å²) in [5, 5.41) is 3.87. The molecule has 1 unspecified atom stereocenters. The molecule has 0 radical (unpaired) electrons. The van der Waals surface area contributed by atoms with Gasteiger partial charge in [-0.25, -0.2) is 4.39 Å². The molecule has 1 fully saturated rings. The van der Waals surface area contributed by atoms with E-state index in [1.807, 2.05) is 30.5 Å². The molecule has 2 aromatic carbocycles. The average molecular weight is 365 g/mol. The van der Waals surface area contributed by atoms with Gasteiger partial charge in [-0.3, -0.25) is 9.59 Å². The van der Waals surface area contributed by atoms with Gasteiger partial charge in [0, 0.05) is 36.1 Å². The molecular weight excluding hydrogens is 345 g/mol. The van der Waals surface area contributed by atoms with Crippen molar-refractivity contribution in [3.63, 3.8) is 0 Å². The maximum atomic E-state index is 13.0. The fraction of sp³-hybridized carbons (Fsp3) is 0.238. The van der Waals surface area contributed by atoms with Crippen molar-refractivity contribution in [1.82, 2.24) is 9.88 Å². The number of hydrogen-bond acceptors (Lipinski definition) is 2. The van der Waals surface area contributed by atoms with E-state index in [9.17, 15) is 14.0 Å². The van der Waals surface area contributed by atoms with Crippen molar-refractivity contribution in [1.29, 1.82) is 0 Å². The van der Waals surface area contributed by atoms with Crippen LogP contribution in [-0.4, -0.2) is 34.8 Å². The lowest BCUT2D eigenvalue weighted by molar-refractivity contribution is -0.121. The zero-order valence-electron chi connectivity index (χ0n) is 14.7. The highest BCUT2D eigenvalue weighted by Crippen LogP contribution is 2.22. The minimum Gasteiger partial charge on any atom is -0.361 e. The molecule has 2 N–H and O–H groups in total. The van der Waals surface area contributed by atoms with Crippen LogP contribution in [0, 0.1) is 11.7 Å². The molecule has 2 heterocycles. The molecular formula is C21H20FN3O2. The first-order chi connectivity index (χ1) is 13.1. The number of nitrogens with zero attached hydrogens (tertiary/aromatic N) is 1. The summed E-state index contributed by atoms with van der Waals surface area (Å²) in [5.74, 6) is -0.826. The molecule has 4 rings (SSSR count). The van der Waals surface area contributed by atoms with Crippen molar-refractivity contribution in [2.24, 2.45) is 5.92 Å². The fourth-order valence-electron chi connectivity index (χ4n) is 3.52. The normalized spacial score (nSPS) is 17.1. The molecule has 0 bridgehead atoms. The third-order valence-electron chi connectivity index (χ3n) is 4.99. The molecule has 1 aliphatic heterocycles. The molecule has 3 aromatic rings. The number of benzene rings is 2. The molecule has 1 atom stereocenters. The first-order valence-corrected chi connectivity index (χ1v) is 9.03. The van der Waals surface area contributed by atoms with Crippen LogP contribution in [0.5, 0.6) is 0 Å². The van der Waals surface area contributed by atoms with E-state index < -0.39 is 0 Å². The minimum absolute atomic E-state index is 0.0641. The Hall–Kier alpha value is -3.15. The maximum Gasteiger partial charge on any atom is 0.253 e. The summed E-state index contributed by atoms with van der Waals surface area (Å²) in [5.41, 5.74) is 2.09. The van der Waals surface area contributed by atoms with E-state index in [1.54, 1.807) is 4.90 Å². The fourth-order valence-corrected chi connectivity index (χ4v) is 3.52. The summed E-state index contributed by atoms with van der Waals surface area (Å²) in [6.45, 7) is 1.02. The van der Waals surface area contributed by atoms with Crippen molar-refractivity contribution in [2.75, 3.05) is 18.4 Å². The van der Waals surface area contributed by atoms with Crippen LogP contribution < -0.4 is 5.32 Å². The van der Waals surface area contributed by atoms with E-state index in [1.165, 1.54) is 24.3 Å². The van der Waals surface area contributed by atoms with E-state index in [0.29, 0.717) is 24.3 Å². The Bertz CT molecular complexity index is 981. The summed E-state index contributed by atoms with van der Waals surface area (Å²) in [6.07, 6.45) is 3.35. The number of aromatic amines is 1. The second-order valence-electron chi connectivity index (χ2n) is 6.87. The van der Waals surface area contributed by atoms with Crippen LogP contribution in [0.25, 0.3) is 10.9 Å². The number of amides is 2. The van der Waals surface area contributed by atoms with Crippen LogP contribution in [0.2, 0.25) is 0 Å². The summed E-state index contributed by atoms with van der Waals surface area (Å²) >= 11 is 0. The van der Waals surface area contributed by atoms with E-state index in [2.05, 4.69) is 10.3 Å². The lowest BCUT2D eigenvalue weighted by Gasteiger charge is -2.32. The van der Waals surface area contributed by atoms with Crippen LogP contribution in [0.15, 0.2) is 54.7 Å². The topological polar surface area (TPSA) is 65.2 Å². The van der Waals surface area contributed by atoms with E-state index in [-0.39, 0.29) is 23.5 Å². The van der Waals surface area contributed by atoms with Gasteiger partial charge in [0.1, 0.15) is 5.82 Å². The largest absolute Gasteiger partial charge is 0.361 e. The summed E-state index contributed by atoms with van der Waals surface area (Å²) in [6, 6.07) is 13.2. The van der Waals surface area contributed by atoms with Gasteiger partial charge in [0.05, 0.1) is 5.92 Å². The number of fused-ring (bicyclic) bond motifs is 1. The van der Waals surface area contributed by atoms with Gasteiger partial charge < -0.3 is 15.2 Å². The molecule has 2 amide bonds. The number of H-pyrrole nitrogens is 1. The summed E-state index contributed by atoms with van der Waals surface area (Å²) in [4.78, 5) is 30.3. The first kappa shape index (κ1) is 17.3. The third kappa shape index (κ3) is 3.69. The quantitative estimate of drug-likeness (QED) is 0.741. The van der Waals surface area contributed by atoms with Crippen LogP contribution in [0.1, 0.15) is 23.2 Å². The monoisotopic (exact) mass is 365 g/mol. The molecule has 1 aromatic heterocycles. The number of carbonyl (C=O) groups excluding carboxylic acids is 2.